The van der Waals surface area contributed by atoms with Crippen molar-refractivity contribution in [1.82, 2.24) is 0 Å². The van der Waals surface area contributed by atoms with Crippen LogP contribution in [0.2, 0.25) is 0 Å². The lowest BCUT2D eigenvalue weighted by Gasteiger charge is -2.10. The quantitative estimate of drug-likeness (QED) is 0.831. The molecule has 2 aromatic carbocycles. The predicted molar refractivity (Wildman–Crippen MR) is 83.7 cm³/mol. The smallest absolute Gasteiger partial charge is 0.225 e. The third-order valence-electron chi connectivity index (χ3n) is 3.30. The van der Waals surface area contributed by atoms with Crippen molar-refractivity contribution >= 4 is 19.9 Å². The third-order valence-corrected chi connectivity index (χ3v) is 6.06. The van der Waals surface area contributed by atoms with E-state index in [1.807, 2.05) is 6.92 Å². The van der Waals surface area contributed by atoms with Crippen molar-refractivity contribution in [2.45, 2.75) is 34.5 Å². The summed E-state index contributed by atoms with van der Waals surface area (Å²) in [5.74, 6) is -0.563. The van der Waals surface area contributed by atoms with Crippen molar-refractivity contribution in [1.29, 1.82) is 0 Å². The van der Waals surface area contributed by atoms with Gasteiger partial charge in [0.25, 0.3) is 0 Å². The van der Waals surface area contributed by atoms with Gasteiger partial charge < -0.3 is 0 Å². The fraction of sp³-hybridized carbons (Fsp3) is 0.200. The van der Waals surface area contributed by atoms with Crippen LogP contribution in [0, 0.1) is 5.82 Å². The van der Waals surface area contributed by atoms with Gasteiger partial charge in [0.1, 0.15) is 5.82 Å². The lowest BCUT2D eigenvalue weighted by atomic mass is 10.1. The van der Waals surface area contributed by atoms with Gasteiger partial charge in [-0.1, -0.05) is 19.4 Å². The summed E-state index contributed by atoms with van der Waals surface area (Å²) in [5, 5.41) is 5.19. The number of sulfonamides is 1. The minimum atomic E-state index is -4.05. The van der Waals surface area contributed by atoms with Gasteiger partial charge in [0.05, 0.1) is 14.7 Å². The zero-order valence-electron chi connectivity index (χ0n) is 12.4. The summed E-state index contributed by atoms with van der Waals surface area (Å²) in [5.41, 5.74) is 0.466. The van der Waals surface area contributed by atoms with Crippen LogP contribution in [0.25, 0.3) is 0 Å². The number of nitrogens with two attached hydrogens (primary N) is 1. The van der Waals surface area contributed by atoms with Gasteiger partial charge in [-0.25, -0.2) is 26.4 Å². The lowest BCUT2D eigenvalue weighted by molar-refractivity contribution is 0.593. The van der Waals surface area contributed by atoms with Gasteiger partial charge >= 0.3 is 0 Å². The maximum absolute atomic E-state index is 12.9. The SMILES string of the molecule is CCCc1ccc(S(=O)(=O)c2ccc(F)cc2)cc1S(N)(=O)=O. The molecule has 0 amide bonds. The van der Waals surface area contributed by atoms with Crippen LogP contribution in [0.4, 0.5) is 4.39 Å². The van der Waals surface area contributed by atoms with Crippen molar-refractivity contribution < 1.29 is 21.2 Å². The number of sulfone groups is 1. The Labute approximate surface area is 134 Å². The van der Waals surface area contributed by atoms with E-state index < -0.39 is 25.7 Å². The highest BCUT2D eigenvalue weighted by Gasteiger charge is 2.22. The van der Waals surface area contributed by atoms with Crippen LogP contribution in [0.5, 0.6) is 0 Å². The molecule has 0 spiro atoms. The standard InChI is InChI=1S/C15H16FNO4S2/c1-2-3-11-4-7-14(10-15(11)23(17,20)21)22(18,19)13-8-5-12(16)6-9-13/h4-10H,2-3H2,1H3,(H2,17,20,21). The molecule has 2 N–H and O–H groups in total. The Morgan fingerprint density at radius 1 is 0.957 bits per heavy atom. The summed E-state index contributed by atoms with van der Waals surface area (Å²) in [6.07, 6.45) is 1.15. The summed E-state index contributed by atoms with van der Waals surface area (Å²) < 4.78 is 61.5. The molecule has 23 heavy (non-hydrogen) atoms. The Bertz CT molecular complexity index is 920. The first-order valence-corrected chi connectivity index (χ1v) is 9.85. The fourth-order valence-corrected chi connectivity index (χ4v) is 4.38. The van der Waals surface area contributed by atoms with Crippen molar-refractivity contribution in [3.05, 3.63) is 53.8 Å². The van der Waals surface area contributed by atoms with Crippen LogP contribution in [-0.4, -0.2) is 16.8 Å². The molecule has 0 bridgehead atoms. The van der Waals surface area contributed by atoms with Crippen LogP contribution in [0.3, 0.4) is 0 Å². The van der Waals surface area contributed by atoms with E-state index in [4.69, 9.17) is 5.14 Å². The third kappa shape index (κ3) is 3.77. The first kappa shape index (κ1) is 17.6. The highest BCUT2D eigenvalue weighted by Crippen LogP contribution is 2.26. The van der Waals surface area contributed by atoms with Crippen LogP contribution in [0.1, 0.15) is 18.9 Å². The number of rotatable bonds is 5. The fourth-order valence-electron chi connectivity index (χ4n) is 2.19. The molecule has 0 atom stereocenters. The number of halogens is 1. The van der Waals surface area contributed by atoms with Gasteiger partial charge in [-0.2, -0.15) is 0 Å². The van der Waals surface area contributed by atoms with Gasteiger partial charge in [-0.15, -0.1) is 0 Å². The molecule has 0 aromatic heterocycles. The Balaban J connectivity index is 2.62. The number of primary sulfonamides is 1. The second-order valence-electron chi connectivity index (χ2n) is 5.02. The average Bonchev–Trinajstić information content (AvgIpc) is 2.47. The van der Waals surface area contributed by atoms with E-state index in [1.165, 1.54) is 12.1 Å². The number of hydrogen-bond donors (Lipinski definition) is 1. The molecular formula is C15H16FNO4S2. The Hall–Kier alpha value is -1.77. The van der Waals surface area contributed by atoms with E-state index in [0.717, 1.165) is 30.3 Å². The van der Waals surface area contributed by atoms with Crippen molar-refractivity contribution in [3.63, 3.8) is 0 Å². The van der Waals surface area contributed by atoms with E-state index in [-0.39, 0.29) is 14.7 Å². The largest absolute Gasteiger partial charge is 0.238 e. The van der Waals surface area contributed by atoms with Gasteiger partial charge in [-0.05, 0) is 48.4 Å². The second-order valence-corrected chi connectivity index (χ2v) is 8.50. The van der Waals surface area contributed by atoms with E-state index in [2.05, 4.69) is 0 Å². The number of benzene rings is 2. The number of aryl methyl sites for hydroxylation is 1. The molecule has 124 valence electrons. The average molecular weight is 357 g/mol. The molecule has 0 aliphatic heterocycles. The molecule has 8 heteroatoms. The highest BCUT2D eigenvalue weighted by molar-refractivity contribution is 7.91. The molecule has 0 saturated heterocycles. The van der Waals surface area contributed by atoms with Crippen molar-refractivity contribution in [2.75, 3.05) is 0 Å². The first-order chi connectivity index (χ1) is 10.7. The predicted octanol–water partition coefficient (Wildman–Crippen LogP) is 2.26. The van der Waals surface area contributed by atoms with E-state index in [0.29, 0.717) is 18.4 Å². The van der Waals surface area contributed by atoms with Crippen molar-refractivity contribution in [3.8, 4) is 0 Å². The van der Waals surface area contributed by atoms with Gasteiger partial charge in [0, 0.05) is 0 Å². The summed E-state index contributed by atoms with van der Waals surface area (Å²) in [7, 11) is -8.01. The molecule has 0 aliphatic rings. The van der Waals surface area contributed by atoms with Gasteiger partial charge in [-0.3, -0.25) is 0 Å². The van der Waals surface area contributed by atoms with Gasteiger partial charge in [0.15, 0.2) is 0 Å². The van der Waals surface area contributed by atoms with Crippen LogP contribution in [-0.2, 0) is 26.3 Å². The summed E-state index contributed by atoms with van der Waals surface area (Å²) in [6.45, 7) is 1.87. The lowest BCUT2D eigenvalue weighted by Crippen LogP contribution is -2.16. The second kappa shape index (κ2) is 6.38. The van der Waals surface area contributed by atoms with E-state index >= 15 is 0 Å². The topological polar surface area (TPSA) is 94.3 Å². The maximum atomic E-state index is 12.9. The molecule has 0 saturated carbocycles. The molecule has 5 nitrogen and oxygen atoms in total. The minimum absolute atomic E-state index is 0.123. The molecule has 0 radical (unpaired) electrons. The normalized spacial score (nSPS) is 12.3. The zero-order chi connectivity index (χ0) is 17.3. The number of hydrogen-bond acceptors (Lipinski definition) is 4. The Morgan fingerprint density at radius 2 is 1.52 bits per heavy atom. The summed E-state index contributed by atoms with van der Waals surface area (Å²) in [4.78, 5) is -0.530. The molecule has 0 fully saturated rings. The van der Waals surface area contributed by atoms with Crippen molar-refractivity contribution in [2.24, 2.45) is 5.14 Å². The van der Waals surface area contributed by atoms with Gasteiger partial charge in [0.2, 0.25) is 19.9 Å². The van der Waals surface area contributed by atoms with Crippen LogP contribution >= 0.6 is 0 Å². The molecule has 2 aromatic rings. The molecule has 2 rings (SSSR count). The maximum Gasteiger partial charge on any atom is 0.238 e. The van der Waals surface area contributed by atoms with E-state index in [1.54, 1.807) is 0 Å². The van der Waals surface area contributed by atoms with E-state index in [9.17, 15) is 21.2 Å². The highest BCUT2D eigenvalue weighted by atomic mass is 32.2. The molecule has 0 heterocycles. The van der Waals surface area contributed by atoms with Crippen LogP contribution < -0.4 is 5.14 Å². The summed E-state index contributed by atoms with van der Waals surface area (Å²) >= 11 is 0. The molecule has 0 unspecified atom stereocenters. The zero-order valence-corrected chi connectivity index (χ0v) is 14.0. The first-order valence-electron chi connectivity index (χ1n) is 6.82. The minimum Gasteiger partial charge on any atom is -0.225 e. The Morgan fingerprint density at radius 3 is 2.04 bits per heavy atom. The Kier molecular flexibility index (Phi) is 4.88. The monoisotopic (exact) mass is 357 g/mol. The summed E-state index contributed by atoms with van der Waals surface area (Å²) in [6, 6.07) is 8.14. The van der Waals surface area contributed by atoms with Crippen LogP contribution in [0.15, 0.2) is 57.2 Å². The molecular weight excluding hydrogens is 341 g/mol. The molecule has 0 aliphatic carbocycles.